The summed E-state index contributed by atoms with van der Waals surface area (Å²) in [6, 6.07) is -0.000000000000000666. The van der Waals surface area contributed by atoms with Crippen LogP contribution in [0.2, 0.25) is 0 Å². The average molecular weight is 244 g/mol. The second-order valence-electron chi connectivity index (χ2n) is 4.85. The standard InChI is InChI=1S/C7H14FN.C6H11NO/c1-5(2)7(8)6(3)9-4;1-5-2-6(4-8)7-3-5/h6,9H,1-4H3;4-7H,2-3H2,1H3. The Labute approximate surface area is 104 Å². The van der Waals surface area contributed by atoms with Crippen LogP contribution in [0.5, 0.6) is 0 Å². The van der Waals surface area contributed by atoms with E-state index in [1.165, 1.54) is 0 Å². The minimum atomic E-state index is -0.144. The Hall–Kier alpha value is -0.740. The van der Waals surface area contributed by atoms with Crippen LogP contribution in [-0.2, 0) is 4.79 Å². The molecule has 100 valence electrons. The normalized spacial score (nSPS) is 24.6. The lowest BCUT2D eigenvalue weighted by atomic mass is 10.1. The Morgan fingerprint density at radius 2 is 2.12 bits per heavy atom. The third-order valence-corrected chi connectivity index (χ3v) is 2.84. The van der Waals surface area contributed by atoms with Gasteiger partial charge in [0.15, 0.2) is 0 Å². The Balaban J connectivity index is 0.000000302. The van der Waals surface area contributed by atoms with Crippen LogP contribution in [-0.4, -0.2) is 32.0 Å². The van der Waals surface area contributed by atoms with Crippen molar-refractivity contribution in [3.8, 4) is 0 Å². The fourth-order valence-electron chi connectivity index (χ4n) is 1.62. The van der Waals surface area contributed by atoms with Crippen LogP contribution in [0, 0.1) is 5.92 Å². The molecule has 0 aliphatic carbocycles. The monoisotopic (exact) mass is 244 g/mol. The molecule has 3 unspecified atom stereocenters. The van der Waals surface area contributed by atoms with E-state index in [9.17, 15) is 9.18 Å². The number of likely N-dealkylation sites (N-methyl/N-ethyl adjacent to an activating group) is 1. The van der Waals surface area contributed by atoms with Crippen molar-refractivity contribution in [3.05, 3.63) is 11.4 Å². The van der Waals surface area contributed by atoms with Gasteiger partial charge in [0.25, 0.3) is 0 Å². The van der Waals surface area contributed by atoms with Crippen molar-refractivity contribution in [2.45, 2.75) is 46.2 Å². The van der Waals surface area contributed by atoms with E-state index in [0.717, 1.165) is 24.8 Å². The van der Waals surface area contributed by atoms with Crippen LogP contribution in [0.4, 0.5) is 4.39 Å². The summed E-state index contributed by atoms with van der Waals surface area (Å²) >= 11 is 0. The van der Waals surface area contributed by atoms with E-state index in [-0.39, 0.29) is 17.9 Å². The highest BCUT2D eigenvalue weighted by Gasteiger charge is 2.18. The van der Waals surface area contributed by atoms with E-state index in [0.29, 0.717) is 5.92 Å². The SMILES string of the molecule is CC1CNC(C=O)C1.CNC(C)C(F)=C(C)C. The number of hydrogen-bond donors (Lipinski definition) is 2. The summed E-state index contributed by atoms with van der Waals surface area (Å²) in [5, 5.41) is 5.90. The molecule has 0 aromatic heterocycles. The van der Waals surface area contributed by atoms with E-state index in [2.05, 4.69) is 17.6 Å². The summed E-state index contributed by atoms with van der Waals surface area (Å²) < 4.78 is 12.7. The quantitative estimate of drug-likeness (QED) is 0.747. The summed E-state index contributed by atoms with van der Waals surface area (Å²) in [5.41, 5.74) is 0.747. The molecule has 0 bridgehead atoms. The van der Waals surface area contributed by atoms with E-state index in [1.54, 1.807) is 27.8 Å². The lowest BCUT2D eigenvalue weighted by Gasteiger charge is -2.07. The zero-order valence-electron chi connectivity index (χ0n) is 11.5. The summed E-state index contributed by atoms with van der Waals surface area (Å²) in [6.45, 7) is 8.48. The first kappa shape index (κ1) is 16.3. The van der Waals surface area contributed by atoms with Crippen molar-refractivity contribution < 1.29 is 9.18 Å². The second-order valence-corrected chi connectivity index (χ2v) is 4.85. The lowest BCUT2D eigenvalue weighted by Crippen LogP contribution is -2.22. The summed E-state index contributed by atoms with van der Waals surface area (Å²) in [7, 11) is 1.74. The number of aldehydes is 1. The van der Waals surface area contributed by atoms with Gasteiger partial charge in [-0.15, -0.1) is 0 Å². The second kappa shape index (κ2) is 8.37. The van der Waals surface area contributed by atoms with Gasteiger partial charge < -0.3 is 15.4 Å². The predicted octanol–water partition coefficient (Wildman–Crippen LogP) is 2.04. The van der Waals surface area contributed by atoms with Gasteiger partial charge >= 0.3 is 0 Å². The topological polar surface area (TPSA) is 41.1 Å². The van der Waals surface area contributed by atoms with Crippen LogP contribution in [0.1, 0.15) is 34.1 Å². The molecule has 3 atom stereocenters. The highest BCUT2D eigenvalue weighted by molar-refractivity contribution is 5.58. The molecule has 1 fully saturated rings. The fourth-order valence-corrected chi connectivity index (χ4v) is 1.62. The first-order valence-corrected chi connectivity index (χ1v) is 6.11. The molecule has 4 heteroatoms. The van der Waals surface area contributed by atoms with Gasteiger partial charge in [-0.2, -0.15) is 0 Å². The van der Waals surface area contributed by atoms with Gasteiger partial charge in [-0.05, 0) is 52.3 Å². The van der Waals surface area contributed by atoms with Gasteiger partial charge in [0, 0.05) is 0 Å². The van der Waals surface area contributed by atoms with E-state index >= 15 is 0 Å². The third kappa shape index (κ3) is 6.54. The maximum Gasteiger partial charge on any atom is 0.136 e. The summed E-state index contributed by atoms with van der Waals surface area (Å²) in [4.78, 5) is 10.1. The lowest BCUT2D eigenvalue weighted by molar-refractivity contribution is -0.109. The molecule has 17 heavy (non-hydrogen) atoms. The van der Waals surface area contributed by atoms with Gasteiger partial charge in [0.1, 0.15) is 12.1 Å². The Bertz CT molecular complexity index is 262. The van der Waals surface area contributed by atoms with Crippen LogP contribution in [0.25, 0.3) is 0 Å². The van der Waals surface area contributed by atoms with Gasteiger partial charge in [-0.3, -0.25) is 0 Å². The third-order valence-electron chi connectivity index (χ3n) is 2.84. The number of halogens is 1. The van der Waals surface area contributed by atoms with Crippen LogP contribution in [0.3, 0.4) is 0 Å². The molecule has 0 saturated carbocycles. The molecule has 1 heterocycles. The molecule has 2 N–H and O–H groups in total. The molecule has 1 saturated heterocycles. The number of allylic oxidation sites excluding steroid dienone is 1. The van der Waals surface area contributed by atoms with E-state index in [1.807, 2.05) is 0 Å². The molecule has 0 amide bonds. The number of carbonyl (C=O) groups excluding carboxylic acids is 1. The Morgan fingerprint density at radius 1 is 1.53 bits per heavy atom. The van der Waals surface area contributed by atoms with Gasteiger partial charge in [0.05, 0.1) is 12.1 Å². The first-order chi connectivity index (χ1) is 7.92. The number of carbonyl (C=O) groups is 1. The number of hydrogen-bond acceptors (Lipinski definition) is 3. The van der Waals surface area contributed by atoms with Crippen LogP contribution < -0.4 is 10.6 Å². The van der Waals surface area contributed by atoms with E-state index < -0.39 is 0 Å². The van der Waals surface area contributed by atoms with Crippen LogP contribution in [0.15, 0.2) is 11.4 Å². The van der Waals surface area contributed by atoms with Crippen molar-refractivity contribution in [1.82, 2.24) is 10.6 Å². The van der Waals surface area contributed by atoms with Crippen LogP contribution >= 0.6 is 0 Å². The van der Waals surface area contributed by atoms with Gasteiger partial charge in [-0.25, -0.2) is 4.39 Å². The smallest absolute Gasteiger partial charge is 0.136 e. The molecular formula is C13H25FN2O. The molecule has 1 aliphatic rings. The molecule has 0 radical (unpaired) electrons. The van der Waals surface area contributed by atoms with Crippen molar-refractivity contribution in [2.24, 2.45) is 5.92 Å². The highest BCUT2D eigenvalue weighted by Crippen LogP contribution is 2.10. The zero-order valence-corrected chi connectivity index (χ0v) is 11.5. The Kier molecular flexibility index (Phi) is 8.00. The molecule has 3 nitrogen and oxygen atoms in total. The molecular weight excluding hydrogens is 219 g/mol. The molecule has 1 rings (SSSR count). The largest absolute Gasteiger partial charge is 0.311 e. The van der Waals surface area contributed by atoms with Crippen molar-refractivity contribution in [3.63, 3.8) is 0 Å². The van der Waals surface area contributed by atoms with Crippen molar-refractivity contribution in [1.29, 1.82) is 0 Å². The summed E-state index contributed by atoms with van der Waals surface area (Å²) in [5.74, 6) is 0.628. The number of rotatable bonds is 3. The fraction of sp³-hybridized carbons (Fsp3) is 0.769. The molecule has 0 spiro atoms. The first-order valence-electron chi connectivity index (χ1n) is 6.11. The van der Waals surface area contributed by atoms with Crippen molar-refractivity contribution in [2.75, 3.05) is 13.6 Å². The maximum absolute atomic E-state index is 12.7. The zero-order chi connectivity index (χ0) is 13.4. The molecule has 0 aromatic carbocycles. The minimum Gasteiger partial charge on any atom is -0.311 e. The maximum atomic E-state index is 12.7. The number of nitrogens with one attached hydrogen (secondary N) is 2. The Morgan fingerprint density at radius 3 is 2.29 bits per heavy atom. The molecule has 1 aliphatic heterocycles. The van der Waals surface area contributed by atoms with E-state index in [4.69, 9.17) is 0 Å². The highest BCUT2D eigenvalue weighted by atomic mass is 19.1. The average Bonchev–Trinajstić information content (AvgIpc) is 2.73. The molecule has 0 aromatic rings. The minimum absolute atomic E-state index is 0.0579. The van der Waals surface area contributed by atoms with Crippen molar-refractivity contribution >= 4 is 6.29 Å². The predicted molar refractivity (Wildman–Crippen MR) is 69.6 cm³/mol. The summed E-state index contributed by atoms with van der Waals surface area (Å²) in [6.07, 6.45) is 2.01. The van der Waals surface area contributed by atoms with Gasteiger partial charge in [0.2, 0.25) is 0 Å². The van der Waals surface area contributed by atoms with Gasteiger partial charge in [-0.1, -0.05) is 6.92 Å².